The lowest BCUT2D eigenvalue weighted by atomic mass is 10.3. The molecule has 0 saturated heterocycles. The van der Waals surface area contributed by atoms with Crippen molar-refractivity contribution in [1.82, 2.24) is 14.6 Å². The third kappa shape index (κ3) is 7.66. The predicted octanol–water partition coefficient (Wildman–Crippen LogP) is 2.99. The van der Waals surface area contributed by atoms with E-state index in [0.717, 1.165) is 5.57 Å². The molecule has 0 radical (unpaired) electrons. The number of aromatic nitrogens is 2. The number of nitrogens with one attached hydrogen (secondary N) is 2. The zero-order valence-electron chi connectivity index (χ0n) is 19.0. The lowest BCUT2D eigenvalue weighted by molar-refractivity contribution is -0.149. The third-order valence-electron chi connectivity index (χ3n) is 4.38. The average molecular weight is 463 g/mol. The summed E-state index contributed by atoms with van der Waals surface area (Å²) < 4.78 is 25.9. The van der Waals surface area contributed by atoms with Crippen LogP contribution < -0.4 is 20.9 Å². The molecule has 32 heavy (non-hydrogen) atoms. The van der Waals surface area contributed by atoms with E-state index in [1.807, 2.05) is 6.07 Å². The largest absolute Gasteiger partial charge is 0.462 e. The molecule has 0 spiro atoms. The predicted molar refractivity (Wildman–Crippen MR) is 123 cm³/mol. The molecule has 0 aliphatic heterocycles. The van der Waals surface area contributed by atoms with Gasteiger partial charge in [0.05, 0.1) is 12.3 Å². The van der Waals surface area contributed by atoms with Gasteiger partial charge in [-0.2, -0.15) is 0 Å². The summed E-state index contributed by atoms with van der Waals surface area (Å²) >= 11 is 0. The Kier molecular flexibility index (Phi) is 8.80. The van der Waals surface area contributed by atoms with Crippen molar-refractivity contribution in [3.63, 3.8) is 0 Å². The molecule has 2 N–H and O–H groups in total. The Morgan fingerprint density at radius 3 is 2.50 bits per heavy atom. The van der Waals surface area contributed by atoms with E-state index in [9.17, 15) is 18.9 Å². The van der Waals surface area contributed by atoms with E-state index < -0.39 is 30.8 Å². The van der Waals surface area contributed by atoms with Crippen molar-refractivity contribution >= 4 is 13.5 Å². The maximum atomic E-state index is 13.6. The Bertz CT molecular complexity index is 1120. The van der Waals surface area contributed by atoms with Gasteiger partial charge in [-0.1, -0.05) is 29.8 Å². The Balaban J connectivity index is 2.22. The molecule has 2 aromatic rings. The third-order valence-corrected chi connectivity index (χ3v) is 6.33. The van der Waals surface area contributed by atoms with E-state index in [2.05, 4.69) is 10.1 Å². The molecule has 0 aliphatic carbocycles. The highest BCUT2D eigenvalue weighted by atomic mass is 31.2. The second-order valence-corrected chi connectivity index (χ2v) is 10.00. The number of hydrogen-bond acceptors (Lipinski definition) is 6. The Labute approximate surface area is 187 Å². The number of carbonyl (C=O) groups is 1. The molecule has 1 unspecified atom stereocenters. The Morgan fingerprint density at radius 2 is 1.88 bits per heavy atom. The summed E-state index contributed by atoms with van der Waals surface area (Å²) in [7, 11) is -3.55. The number of aryl methyl sites for hydroxylation is 1. The van der Waals surface area contributed by atoms with Crippen LogP contribution in [0.4, 0.5) is 0 Å². The first-order valence-electron chi connectivity index (χ1n) is 10.3. The van der Waals surface area contributed by atoms with E-state index in [1.165, 1.54) is 10.8 Å². The molecule has 1 heterocycles. The molecule has 9 nitrogen and oxygen atoms in total. The highest BCUT2D eigenvalue weighted by Gasteiger charge is 2.30. The van der Waals surface area contributed by atoms with E-state index in [-0.39, 0.29) is 18.8 Å². The number of aromatic amines is 1. The first kappa shape index (κ1) is 25.4. The van der Waals surface area contributed by atoms with Gasteiger partial charge in [0.2, 0.25) is 0 Å². The van der Waals surface area contributed by atoms with Gasteiger partial charge in [0.1, 0.15) is 11.8 Å². The summed E-state index contributed by atoms with van der Waals surface area (Å²) in [5.74, 6) is -0.140. The van der Waals surface area contributed by atoms with Gasteiger partial charge in [-0.25, -0.2) is 9.88 Å². The monoisotopic (exact) mass is 463 g/mol. The molecule has 2 rings (SSSR count). The van der Waals surface area contributed by atoms with Gasteiger partial charge in [0.15, 0.2) is 0 Å². The lowest BCUT2D eigenvalue weighted by Gasteiger charge is -2.23. The van der Waals surface area contributed by atoms with Crippen LogP contribution in [0, 0.1) is 6.92 Å². The SMILES string of the molecule is C/C(=C\CP(=O)(N[C@@H](C)C(=O)OC(C)C)Oc1ccccc1)Cn1cc(C)c(=O)[nH]c1=O. The molecule has 0 amide bonds. The first-order valence-corrected chi connectivity index (χ1v) is 12.1. The smallest absolute Gasteiger partial charge is 0.328 e. The minimum Gasteiger partial charge on any atom is -0.462 e. The molecular formula is C22H30N3O6P. The molecule has 0 aliphatic rings. The van der Waals surface area contributed by atoms with Crippen molar-refractivity contribution in [2.45, 2.75) is 53.3 Å². The number of benzene rings is 1. The second kappa shape index (κ2) is 11.1. The van der Waals surface area contributed by atoms with Gasteiger partial charge in [-0.05, 0) is 46.8 Å². The summed E-state index contributed by atoms with van der Waals surface area (Å²) in [6.07, 6.45) is 2.83. The van der Waals surface area contributed by atoms with Gasteiger partial charge in [0.25, 0.3) is 5.56 Å². The summed E-state index contributed by atoms with van der Waals surface area (Å²) in [5.41, 5.74) is 0.185. The lowest BCUT2D eigenvalue weighted by Crippen LogP contribution is -2.36. The maximum Gasteiger partial charge on any atom is 0.328 e. The van der Waals surface area contributed by atoms with Crippen LogP contribution in [0.2, 0.25) is 0 Å². The van der Waals surface area contributed by atoms with Crippen LogP contribution in [0.5, 0.6) is 5.75 Å². The zero-order valence-corrected chi connectivity index (χ0v) is 19.8. The molecule has 0 saturated carbocycles. The van der Waals surface area contributed by atoms with Crippen molar-refractivity contribution in [2.75, 3.05) is 6.16 Å². The number of rotatable bonds is 10. The standard InChI is InChI=1S/C22H30N3O6P/c1-15(2)30-21(27)18(5)24-32(29,31-19-9-7-6-8-10-19)12-11-16(3)13-25-14-17(4)20(26)23-22(25)28/h6-11,14-15,18H,12-13H2,1-5H3,(H,24,29)(H,23,26,28)/b16-11+/t18-,32?/m0/s1. The molecular weight excluding hydrogens is 433 g/mol. The van der Waals surface area contributed by atoms with Gasteiger partial charge >= 0.3 is 19.2 Å². The van der Waals surface area contributed by atoms with Crippen LogP contribution >= 0.6 is 7.52 Å². The molecule has 0 bridgehead atoms. The normalized spacial score (nSPS) is 14.6. The average Bonchev–Trinajstić information content (AvgIpc) is 2.70. The molecule has 10 heteroatoms. The fraction of sp³-hybridized carbons (Fsp3) is 0.409. The molecule has 1 aromatic carbocycles. The van der Waals surface area contributed by atoms with Crippen molar-refractivity contribution in [3.8, 4) is 5.75 Å². The van der Waals surface area contributed by atoms with E-state index >= 15 is 0 Å². The summed E-state index contributed by atoms with van der Waals surface area (Å²) in [4.78, 5) is 38.0. The number of hydrogen-bond donors (Lipinski definition) is 2. The van der Waals surface area contributed by atoms with Crippen LogP contribution in [0.25, 0.3) is 0 Å². The van der Waals surface area contributed by atoms with Crippen molar-refractivity contribution in [1.29, 1.82) is 0 Å². The van der Waals surface area contributed by atoms with Gasteiger partial charge in [-0.3, -0.25) is 23.7 Å². The minimum absolute atomic E-state index is 0.0237. The van der Waals surface area contributed by atoms with Crippen LogP contribution in [0.15, 0.2) is 57.8 Å². The van der Waals surface area contributed by atoms with Crippen LogP contribution in [0.1, 0.15) is 33.3 Å². The van der Waals surface area contributed by atoms with E-state index in [4.69, 9.17) is 9.26 Å². The number of H-pyrrole nitrogens is 1. The minimum atomic E-state index is -3.55. The van der Waals surface area contributed by atoms with Gasteiger partial charge < -0.3 is 9.26 Å². The van der Waals surface area contributed by atoms with Crippen LogP contribution in [0.3, 0.4) is 0 Å². The van der Waals surface area contributed by atoms with Crippen molar-refractivity contribution in [2.24, 2.45) is 0 Å². The first-order chi connectivity index (χ1) is 15.0. The summed E-state index contributed by atoms with van der Waals surface area (Å²) in [5, 5.41) is 2.79. The number of ether oxygens (including phenoxy) is 1. The summed E-state index contributed by atoms with van der Waals surface area (Å²) in [6, 6.07) is 7.80. The highest BCUT2D eigenvalue weighted by Crippen LogP contribution is 2.44. The van der Waals surface area contributed by atoms with Crippen molar-refractivity contribution in [3.05, 3.63) is 74.6 Å². The van der Waals surface area contributed by atoms with E-state index in [0.29, 0.717) is 11.3 Å². The molecule has 2 atom stereocenters. The quantitative estimate of drug-likeness (QED) is 0.316. The zero-order chi connectivity index (χ0) is 23.9. The Hall–Kier alpha value is -2.90. The fourth-order valence-corrected chi connectivity index (χ4v) is 4.74. The number of esters is 1. The Morgan fingerprint density at radius 1 is 1.22 bits per heavy atom. The summed E-state index contributed by atoms with van der Waals surface area (Å²) in [6.45, 7) is 8.61. The van der Waals surface area contributed by atoms with Crippen LogP contribution in [-0.4, -0.2) is 33.8 Å². The number of carbonyl (C=O) groups excluding carboxylic acids is 1. The van der Waals surface area contributed by atoms with Crippen molar-refractivity contribution < 1.29 is 18.6 Å². The van der Waals surface area contributed by atoms with E-state index in [1.54, 1.807) is 65.0 Å². The molecule has 174 valence electrons. The topological polar surface area (TPSA) is 119 Å². The fourth-order valence-electron chi connectivity index (χ4n) is 2.80. The highest BCUT2D eigenvalue weighted by molar-refractivity contribution is 7.57. The number of para-hydroxylation sites is 1. The van der Waals surface area contributed by atoms with Crippen LogP contribution in [-0.2, 0) is 20.6 Å². The second-order valence-electron chi connectivity index (χ2n) is 7.85. The van der Waals surface area contributed by atoms with Gasteiger partial charge in [0, 0.05) is 18.3 Å². The maximum absolute atomic E-state index is 13.6. The number of nitrogens with zero attached hydrogens (tertiary/aromatic N) is 1. The molecule has 1 aromatic heterocycles. The van der Waals surface area contributed by atoms with Gasteiger partial charge in [-0.15, -0.1) is 0 Å². The molecule has 0 fully saturated rings. The number of allylic oxidation sites excluding steroid dienone is 2.